The lowest BCUT2D eigenvalue weighted by molar-refractivity contribution is -0.0512. The minimum Gasteiger partial charge on any atom is -0.444 e. The van der Waals surface area contributed by atoms with E-state index in [1.807, 2.05) is 0 Å². The van der Waals surface area contributed by atoms with Gasteiger partial charge in [0, 0.05) is 19.5 Å². The first-order chi connectivity index (χ1) is 7.12. The molecule has 94 valence electrons. The molecule has 1 atom stereocenters. The number of hydrogen-bond acceptors (Lipinski definition) is 2. The summed E-state index contributed by atoms with van der Waals surface area (Å²) in [6.07, 6.45) is -0.866. The first kappa shape index (κ1) is 13.7. The van der Waals surface area contributed by atoms with Crippen molar-refractivity contribution in [1.82, 2.24) is 4.90 Å². The molecule has 1 rings (SSSR count). The van der Waals surface area contributed by atoms with Crippen molar-refractivity contribution >= 4 is 22.0 Å². The van der Waals surface area contributed by atoms with Crippen molar-refractivity contribution in [3.63, 3.8) is 0 Å². The molecule has 0 radical (unpaired) electrons. The molecular formula is C10H16BrF2NO2. The van der Waals surface area contributed by atoms with E-state index in [-0.39, 0.29) is 19.5 Å². The summed E-state index contributed by atoms with van der Waals surface area (Å²) in [5, 5.41) is 0. The largest absolute Gasteiger partial charge is 0.444 e. The molecule has 6 heteroatoms. The Balaban J connectivity index is 2.55. The van der Waals surface area contributed by atoms with Crippen LogP contribution in [-0.4, -0.2) is 40.4 Å². The van der Waals surface area contributed by atoms with Gasteiger partial charge in [0.2, 0.25) is 0 Å². The van der Waals surface area contributed by atoms with E-state index in [0.717, 1.165) is 0 Å². The van der Waals surface area contributed by atoms with Crippen LogP contribution in [0.1, 0.15) is 27.2 Å². The van der Waals surface area contributed by atoms with Gasteiger partial charge in [0.25, 0.3) is 5.92 Å². The number of piperidine rings is 1. The smallest absolute Gasteiger partial charge is 0.410 e. The number of nitrogens with zero attached hydrogens (tertiary/aromatic N) is 1. The lowest BCUT2D eigenvalue weighted by Crippen LogP contribution is -2.51. The third kappa shape index (κ3) is 3.57. The maximum absolute atomic E-state index is 13.1. The number of halogens is 3. The highest BCUT2D eigenvalue weighted by Gasteiger charge is 2.44. The number of ether oxygens (including phenoxy) is 1. The molecule has 1 aliphatic heterocycles. The number of amides is 1. The molecule has 0 aromatic rings. The fraction of sp³-hybridized carbons (Fsp3) is 0.900. The molecule has 0 saturated carbocycles. The molecule has 3 nitrogen and oxygen atoms in total. The molecule has 0 N–H and O–H groups in total. The summed E-state index contributed by atoms with van der Waals surface area (Å²) in [6.45, 7) is 5.24. The van der Waals surface area contributed by atoms with Crippen molar-refractivity contribution < 1.29 is 18.3 Å². The van der Waals surface area contributed by atoms with Crippen molar-refractivity contribution in [3.05, 3.63) is 0 Å². The van der Waals surface area contributed by atoms with Crippen molar-refractivity contribution in [2.45, 2.75) is 43.5 Å². The van der Waals surface area contributed by atoms with Crippen LogP contribution in [0.25, 0.3) is 0 Å². The molecule has 1 saturated heterocycles. The molecule has 0 aromatic heterocycles. The van der Waals surface area contributed by atoms with E-state index < -0.39 is 22.4 Å². The first-order valence-electron chi connectivity index (χ1n) is 5.12. The topological polar surface area (TPSA) is 29.5 Å². The van der Waals surface area contributed by atoms with Gasteiger partial charge in [0.05, 0.1) is 4.83 Å². The maximum atomic E-state index is 13.1. The Morgan fingerprint density at radius 3 is 2.50 bits per heavy atom. The number of alkyl halides is 3. The van der Waals surface area contributed by atoms with Gasteiger partial charge in [0.1, 0.15) is 5.60 Å². The standard InChI is InChI=1S/C10H16BrF2NO2/c1-9(2,3)16-8(15)14-5-4-10(12,13)7(11)6-14/h7H,4-6H2,1-3H3. The number of hydrogen-bond donors (Lipinski definition) is 0. The lowest BCUT2D eigenvalue weighted by atomic mass is 10.1. The third-order valence-corrected chi connectivity index (χ3v) is 3.17. The molecule has 1 unspecified atom stereocenters. The minimum absolute atomic E-state index is 0.0259. The summed E-state index contributed by atoms with van der Waals surface area (Å²) < 4.78 is 31.4. The van der Waals surface area contributed by atoms with Crippen molar-refractivity contribution in [2.75, 3.05) is 13.1 Å². The van der Waals surface area contributed by atoms with Gasteiger partial charge in [-0.05, 0) is 20.8 Å². The van der Waals surface area contributed by atoms with Gasteiger partial charge in [0.15, 0.2) is 0 Å². The van der Waals surface area contributed by atoms with Gasteiger partial charge in [-0.3, -0.25) is 0 Å². The Morgan fingerprint density at radius 2 is 2.06 bits per heavy atom. The van der Waals surface area contributed by atoms with E-state index in [9.17, 15) is 13.6 Å². The predicted molar refractivity (Wildman–Crippen MR) is 60.1 cm³/mol. The van der Waals surface area contributed by atoms with E-state index in [1.54, 1.807) is 20.8 Å². The average molecular weight is 300 g/mol. The van der Waals surface area contributed by atoms with Gasteiger partial charge in [-0.15, -0.1) is 0 Å². The SMILES string of the molecule is CC(C)(C)OC(=O)N1CCC(F)(F)C(Br)C1. The van der Waals surface area contributed by atoms with Crippen LogP contribution in [0, 0.1) is 0 Å². The fourth-order valence-corrected chi connectivity index (χ4v) is 1.93. The van der Waals surface area contributed by atoms with Crippen LogP contribution in [-0.2, 0) is 4.74 Å². The Labute approximate surface area is 102 Å². The second-order valence-corrected chi connectivity index (χ2v) is 6.01. The average Bonchev–Trinajstić information content (AvgIpc) is 2.06. The van der Waals surface area contributed by atoms with E-state index in [0.29, 0.717) is 0 Å². The van der Waals surface area contributed by atoms with Crippen LogP contribution in [0.15, 0.2) is 0 Å². The van der Waals surface area contributed by atoms with Crippen LogP contribution >= 0.6 is 15.9 Å². The van der Waals surface area contributed by atoms with Crippen molar-refractivity contribution in [1.29, 1.82) is 0 Å². The highest BCUT2D eigenvalue weighted by Crippen LogP contribution is 2.33. The second-order valence-electron chi connectivity index (χ2n) is 4.90. The van der Waals surface area contributed by atoms with Crippen LogP contribution in [0.4, 0.5) is 13.6 Å². The zero-order chi connectivity index (χ0) is 12.6. The Hall–Kier alpha value is -0.390. The van der Waals surface area contributed by atoms with E-state index in [1.165, 1.54) is 4.90 Å². The van der Waals surface area contributed by atoms with Gasteiger partial charge in [-0.2, -0.15) is 0 Å². The van der Waals surface area contributed by atoms with Gasteiger partial charge in [-0.25, -0.2) is 13.6 Å². The molecule has 16 heavy (non-hydrogen) atoms. The van der Waals surface area contributed by atoms with Gasteiger partial charge < -0.3 is 9.64 Å². The summed E-state index contributed by atoms with van der Waals surface area (Å²) in [6, 6.07) is 0. The highest BCUT2D eigenvalue weighted by molar-refractivity contribution is 9.09. The fourth-order valence-electron chi connectivity index (χ4n) is 1.35. The molecule has 0 spiro atoms. The van der Waals surface area contributed by atoms with Crippen molar-refractivity contribution in [2.24, 2.45) is 0 Å². The van der Waals surface area contributed by atoms with Gasteiger partial charge in [-0.1, -0.05) is 15.9 Å². The molecule has 0 bridgehead atoms. The second kappa shape index (κ2) is 4.47. The predicted octanol–water partition coefficient (Wildman–Crippen LogP) is 3.03. The quantitative estimate of drug-likeness (QED) is 0.644. The molecule has 1 fully saturated rings. The number of rotatable bonds is 0. The van der Waals surface area contributed by atoms with Crippen molar-refractivity contribution in [3.8, 4) is 0 Å². The summed E-state index contributed by atoms with van der Waals surface area (Å²) in [4.78, 5) is 11.9. The lowest BCUT2D eigenvalue weighted by Gasteiger charge is -2.36. The van der Waals surface area contributed by atoms with Crippen LogP contribution in [0.5, 0.6) is 0 Å². The number of carbonyl (C=O) groups excluding carboxylic acids is 1. The molecule has 1 amide bonds. The summed E-state index contributed by atoms with van der Waals surface area (Å²) in [7, 11) is 0. The number of carbonyl (C=O) groups is 1. The third-order valence-electron chi connectivity index (χ3n) is 2.21. The Morgan fingerprint density at radius 1 is 1.50 bits per heavy atom. The molecule has 0 aliphatic carbocycles. The zero-order valence-corrected chi connectivity index (χ0v) is 11.2. The Kier molecular flexibility index (Phi) is 3.82. The Bertz CT molecular complexity index is 278. The first-order valence-corrected chi connectivity index (χ1v) is 6.03. The van der Waals surface area contributed by atoms with Crippen LogP contribution < -0.4 is 0 Å². The summed E-state index contributed by atoms with van der Waals surface area (Å²) in [5.74, 6) is -2.75. The maximum Gasteiger partial charge on any atom is 0.410 e. The molecule has 1 heterocycles. The highest BCUT2D eigenvalue weighted by atomic mass is 79.9. The monoisotopic (exact) mass is 299 g/mol. The summed E-state index contributed by atoms with van der Waals surface area (Å²) >= 11 is 2.90. The van der Waals surface area contributed by atoms with Crippen LogP contribution in [0.2, 0.25) is 0 Å². The van der Waals surface area contributed by atoms with Crippen LogP contribution in [0.3, 0.4) is 0 Å². The molecule has 1 aliphatic rings. The molecular weight excluding hydrogens is 284 g/mol. The zero-order valence-electron chi connectivity index (χ0n) is 9.60. The number of likely N-dealkylation sites (tertiary alicyclic amines) is 1. The summed E-state index contributed by atoms with van der Waals surface area (Å²) in [5.41, 5.74) is -0.598. The van der Waals surface area contributed by atoms with E-state index in [4.69, 9.17) is 4.74 Å². The van der Waals surface area contributed by atoms with Gasteiger partial charge >= 0.3 is 6.09 Å². The molecule has 0 aromatic carbocycles. The van der Waals surface area contributed by atoms with E-state index in [2.05, 4.69) is 15.9 Å². The minimum atomic E-state index is -2.75. The normalized spacial score (nSPS) is 25.4. The van der Waals surface area contributed by atoms with E-state index >= 15 is 0 Å².